The van der Waals surface area contributed by atoms with Crippen molar-refractivity contribution in [2.45, 2.75) is 58.5 Å². The molecule has 0 rings (SSSR count). The average molecular weight is 168 g/mol. The highest BCUT2D eigenvalue weighted by atomic mass is 15.0. The monoisotopic (exact) mass is 168 g/mol. The summed E-state index contributed by atoms with van der Waals surface area (Å²) in [4.78, 5) is 0. The SMILES string of the molecule is CCCC(C#N)(CC)NC(C)C. The van der Waals surface area contributed by atoms with Crippen molar-refractivity contribution >= 4 is 0 Å². The summed E-state index contributed by atoms with van der Waals surface area (Å²) in [5.41, 5.74) is -0.289. The van der Waals surface area contributed by atoms with Gasteiger partial charge in [0.2, 0.25) is 0 Å². The van der Waals surface area contributed by atoms with Crippen LogP contribution in [0.2, 0.25) is 0 Å². The lowest BCUT2D eigenvalue weighted by Gasteiger charge is -2.28. The van der Waals surface area contributed by atoms with E-state index in [-0.39, 0.29) is 5.54 Å². The summed E-state index contributed by atoms with van der Waals surface area (Å²) < 4.78 is 0. The number of nitrogens with one attached hydrogen (secondary N) is 1. The molecule has 0 heterocycles. The van der Waals surface area contributed by atoms with Crippen LogP contribution in [0.3, 0.4) is 0 Å². The van der Waals surface area contributed by atoms with Gasteiger partial charge in [0.15, 0.2) is 0 Å². The lowest BCUT2D eigenvalue weighted by Crippen LogP contribution is -2.46. The third kappa shape index (κ3) is 3.23. The summed E-state index contributed by atoms with van der Waals surface area (Å²) in [6, 6.07) is 2.77. The number of nitriles is 1. The molecular formula is C10H20N2. The first-order valence-corrected chi connectivity index (χ1v) is 4.79. The predicted molar refractivity (Wildman–Crippen MR) is 51.8 cm³/mol. The molecule has 2 heteroatoms. The summed E-state index contributed by atoms with van der Waals surface area (Å²) >= 11 is 0. The fourth-order valence-electron chi connectivity index (χ4n) is 1.50. The zero-order valence-corrected chi connectivity index (χ0v) is 8.65. The number of hydrogen-bond acceptors (Lipinski definition) is 2. The molecule has 70 valence electrons. The first-order chi connectivity index (χ1) is 5.60. The van der Waals surface area contributed by atoms with Gasteiger partial charge in [0.25, 0.3) is 0 Å². The number of nitrogens with zero attached hydrogens (tertiary/aromatic N) is 1. The van der Waals surface area contributed by atoms with Crippen LogP contribution < -0.4 is 5.32 Å². The lowest BCUT2D eigenvalue weighted by atomic mass is 9.91. The highest BCUT2D eigenvalue weighted by molar-refractivity contribution is 5.06. The summed E-state index contributed by atoms with van der Waals surface area (Å²) in [5.74, 6) is 0. The van der Waals surface area contributed by atoms with E-state index < -0.39 is 0 Å². The van der Waals surface area contributed by atoms with Crippen molar-refractivity contribution in [3.05, 3.63) is 0 Å². The van der Waals surface area contributed by atoms with Gasteiger partial charge in [-0.1, -0.05) is 20.3 Å². The van der Waals surface area contributed by atoms with Crippen molar-refractivity contribution in [3.8, 4) is 6.07 Å². The summed E-state index contributed by atoms with van der Waals surface area (Å²) in [5, 5.41) is 12.4. The van der Waals surface area contributed by atoms with Gasteiger partial charge in [-0.05, 0) is 26.7 Å². The second-order valence-electron chi connectivity index (χ2n) is 3.60. The normalized spacial score (nSPS) is 15.7. The third-order valence-corrected chi connectivity index (χ3v) is 2.06. The summed E-state index contributed by atoms with van der Waals surface area (Å²) in [7, 11) is 0. The Balaban J connectivity index is 4.27. The van der Waals surface area contributed by atoms with Crippen LogP contribution in [-0.4, -0.2) is 11.6 Å². The highest BCUT2D eigenvalue weighted by Gasteiger charge is 2.26. The Bertz CT molecular complexity index is 158. The van der Waals surface area contributed by atoms with E-state index in [1.165, 1.54) is 0 Å². The maximum absolute atomic E-state index is 9.04. The van der Waals surface area contributed by atoms with Crippen LogP contribution in [0.4, 0.5) is 0 Å². The van der Waals surface area contributed by atoms with Gasteiger partial charge in [-0.25, -0.2) is 0 Å². The van der Waals surface area contributed by atoms with Crippen LogP contribution in [0.5, 0.6) is 0 Å². The largest absolute Gasteiger partial charge is 0.297 e. The molecule has 0 aromatic rings. The van der Waals surface area contributed by atoms with Crippen molar-refractivity contribution in [2.24, 2.45) is 0 Å². The van der Waals surface area contributed by atoms with E-state index in [2.05, 4.69) is 39.1 Å². The van der Waals surface area contributed by atoms with Crippen LogP contribution >= 0.6 is 0 Å². The van der Waals surface area contributed by atoms with E-state index in [0.717, 1.165) is 19.3 Å². The fraction of sp³-hybridized carbons (Fsp3) is 0.900. The van der Waals surface area contributed by atoms with Crippen LogP contribution in [0, 0.1) is 11.3 Å². The predicted octanol–water partition coefficient (Wildman–Crippen LogP) is 2.46. The van der Waals surface area contributed by atoms with Gasteiger partial charge < -0.3 is 0 Å². The van der Waals surface area contributed by atoms with Crippen LogP contribution in [0.25, 0.3) is 0 Å². The maximum atomic E-state index is 9.04. The van der Waals surface area contributed by atoms with E-state index in [0.29, 0.717) is 6.04 Å². The second-order valence-corrected chi connectivity index (χ2v) is 3.60. The Kier molecular flexibility index (Phi) is 4.92. The minimum Gasteiger partial charge on any atom is -0.297 e. The van der Waals surface area contributed by atoms with Crippen molar-refractivity contribution in [3.63, 3.8) is 0 Å². The minimum atomic E-state index is -0.289. The number of hydrogen-bond donors (Lipinski definition) is 1. The van der Waals surface area contributed by atoms with Crippen molar-refractivity contribution < 1.29 is 0 Å². The van der Waals surface area contributed by atoms with Crippen molar-refractivity contribution in [1.82, 2.24) is 5.32 Å². The zero-order valence-electron chi connectivity index (χ0n) is 8.65. The number of rotatable bonds is 5. The molecule has 0 spiro atoms. The third-order valence-electron chi connectivity index (χ3n) is 2.06. The maximum Gasteiger partial charge on any atom is 0.106 e. The van der Waals surface area contributed by atoms with Gasteiger partial charge in [0, 0.05) is 6.04 Å². The smallest absolute Gasteiger partial charge is 0.106 e. The van der Waals surface area contributed by atoms with Gasteiger partial charge in [-0.15, -0.1) is 0 Å². The molecule has 0 amide bonds. The molecule has 0 aliphatic heterocycles. The molecule has 0 saturated heterocycles. The molecule has 0 bridgehead atoms. The van der Waals surface area contributed by atoms with E-state index >= 15 is 0 Å². The molecule has 1 N–H and O–H groups in total. The Morgan fingerprint density at radius 2 is 2.00 bits per heavy atom. The second kappa shape index (κ2) is 5.16. The lowest BCUT2D eigenvalue weighted by molar-refractivity contribution is 0.340. The van der Waals surface area contributed by atoms with E-state index in [9.17, 15) is 0 Å². The average Bonchev–Trinajstić information content (AvgIpc) is 2.03. The van der Waals surface area contributed by atoms with Gasteiger partial charge in [0.05, 0.1) is 6.07 Å². The fourth-order valence-corrected chi connectivity index (χ4v) is 1.50. The van der Waals surface area contributed by atoms with Crippen molar-refractivity contribution in [2.75, 3.05) is 0 Å². The van der Waals surface area contributed by atoms with Gasteiger partial charge in [0.1, 0.15) is 5.54 Å². The molecule has 0 saturated carbocycles. The molecule has 0 radical (unpaired) electrons. The molecular weight excluding hydrogens is 148 g/mol. The molecule has 2 nitrogen and oxygen atoms in total. The van der Waals surface area contributed by atoms with E-state index in [4.69, 9.17) is 5.26 Å². The van der Waals surface area contributed by atoms with E-state index in [1.54, 1.807) is 0 Å². The van der Waals surface area contributed by atoms with Gasteiger partial charge >= 0.3 is 0 Å². The first-order valence-electron chi connectivity index (χ1n) is 4.79. The van der Waals surface area contributed by atoms with E-state index in [1.807, 2.05) is 0 Å². The highest BCUT2D eigenvalue weighted by Crippen LogP contribution is 2.16. The molecule has 0 aromatic heterocycles. The Morgan fingerprint density at radius 3 is 2.25 bits per heavy atom. The molecule has 0 aliphatic carbocycles. The molecule has 1 unspecified atom stereocenters. The molecule has 0 aromatic carbocycles. The summed E-state index contributed by atoms with van der Waals surface area (Å²) in [6.45, 7) is 8.34. The van der Waals surface area contributed by atoms with Crippen molar-refractivity contribution in [1.29, 1.82) is 5.26 Å². The quantitative estimate of drug-likeness (QED) is 0.684. The minimum absolute atomic E-state index is 0.289. The standard InChI is InChI=1S/C10H20N2/c1-5-7-10(6-2,8-11)12-9(3)4/h9,12H,5-7H2,1-4H3. The van der Waals surface area contributed by atoms with Crippen LogP contribution in [0.1, 0.15) is 47.0 Å². The van der Waals surface area contributed by atoms with Crippen LogP contribution in [0.15, 0.2) is 0 Å². The Labute approximate surface area is 76.0 Å². The van der Waals surface area contributed by atoms with Gasteiger partial charge in [-0.3, -0.25) is 5.32 Å². The molecule has 0 aliphatic rings. The van der Waals surface area contributed by atoms with Gasteiger partial charge in [-0.2, -0.15) is 5.26 Å². The topological polar surface area (TPSA) is 35.8 Å². The Hall–Kier alpha value is -0.550. The molecule has 1 atom stereocenters. The zero-order chi connectivity index (χ0) is 9.61. The molecule has 0 fully saturated rings. The Morgan fingerprint density at radius 1 is 1.42 bits per heavy atom. The molecule has 12 heavy (non-hydrogen) atoms. The van der Waals surface area contributed by atoms with Crippen LogP contribution in [-0.2, 0) is 0 Å². The first kappa shape index (κ1) is 11.4. The summed E-state index contributed by atoms with van der Waals surface area (Å²) in [6.07, 6.45) is 2.88.